The molecule has 0 radical (unpaired) electrons. The van der Waals surface area contributed by atoms with Crippen molar-refractivity contribution in [2.75, 3.05) is 36.9 Å². The summed E-state index contributed by atoms with van der Waals surface area (Å²) in [4.78, 5) is 6.63. The van der Waals surface area contributed by atoms with Crippen LogP contribution in [0.3, 0.4) is 0 Å². The molecule has 1 aliphatic heterocycles. The second-order valence-corrected chi connectivity index (χ2v) is 4.51. The summed E-state index contributed by atoms with van der Waals surface area (Å²) in [5.41, 5.74) is 6.71. The first kappa shape index (κ1) is 12.2. The van der Waals surface area contributed by atoms with E-state index in [-0.39, 0.29) is 0 Å². The van der Waals surface area contributed by atoms with Crippen molar-refractivity contribution in [2.24, 2.45) is 5.92 Å². The van der Waals surface area contributed by atoms with Crippen LogP contribution in [0.2, 0.25) is 0 Å². The molecule has 1 aliphatic rings. The Morgan fingerprint density at radius 1 is 1.47 bits per heavy atom. The Balaban J connectivity index is 1.89. The van der Waals surface area contributed by atoms with Gasteiger partial charge in [-0.1, -0.05) is 0 Å². The lowest BCUT2D eigenvalue weighted by molar-refractivity contribution is 0.100. The number of anilines is 2. The first-order valence-electron chi connectivity index (χ1n) is 6.34. The van der Waals surface area contributed by atoms with E-state index in [1.807, 2.05) is 19.1 Å². The SMILES string of the molecule is CCOCC1CCN(c2ncccc2N)CC1. The number of nitrogen functional groups attached to an aromatic ring is 1. The normalized spacial score (nSPS) is 17.4. The Labute approximate surface area is 103 Å². The number of ether oxygens (including phenoxy) is 1. The highest BCUT2D eigenvalue weighted by Crippen LogP contribution is 2.25. The Bertz CT molecular complexity index is 348. The zero-order chi connectivity index (χ0) is 12.1. The molecule has 0 saturated carbocycles. The maximum Gasteiger partial charge on any atom is 0.151 e. The topological polar surface area (TPSA) is 51.4 Å². The van der Waals surface area contributed by atoms with Crippen molar-refractivity contribution in [3.05, 3.63) is 18.3 Å². The molecule has 1 saturated heterocycles. The summed E-state index contributed by atoms with van der Waals surface area (Å²) in [5.74, 6) is 1.62. The van der Waals surface area contributed by atoms with Gasteiger partial charge in [-0.25, -0.2) is 4.98 Å². The van der Waals surface area contributed by atoms with E-state index in [1.165, 1.54) is 0 Å². The lowest BCUT2D eigenvalue weighted by Crippen LogP contribution is -2.36. The zero-order valence-electron chi connectivity index (χ0n) is 10.4. The second kappa shape index (κ2) is 5.87. The first-order chi connectivity index (χ1) is 8.31. The molecular weight excluding hydrogens is 214 g/mol. The van der Waals surface area contributed by atoms with Crippen molar-refractivity contribution in [1.29, 1.82) is 0 Å². The van der Waals surface area contributed by atoms with Gasteiger partial charge in [-0.3, -0.25) is 0 Å². The molecule has 17 heavy (non-hydrogen) atoms. The fraction of sp³-hybridized carbons (Fsp3) is 0.615. The third kappa shape index (κ3) is 3.09. The number of hydrogen-bond donors (Lipinski definition) is 1. The molecule has 4 heteroatoms. The number of aromatic nitrogens is 1. The zero-order valence-corrected chi connectivity index (χ0v) is 10.4. The van der Waals surface area contributed by atoms with Crippen LogP contribution in [0.25, 0.3) is 0 Å². The summed E-state index contributed by atoms with van der Waals surface area (Å²) in [6.07, 6.45) is 4.13. The molecule has 1 fully saturated rings. The Hall–Kier alpha value is -1.29. The molecule has 4 nitrogen and oxygen atoms in total. The van der Waals surface area contributed by atoms with Gasteiger partial charge in [0.1, 0.15) is 0 Å². The minimum Gasteiger partial charge on any atom is -0.396 e. The van der Waals surface area contributed by atoms with Crippen LogP contribution in [-0.2, 0) is 4.74 Å². The molecule has 0 unspecified atom stereocenters. The van der Waals surface area contributed by atoms with Gasteiger partial charge in [-0.2, -0.15) is 0 Å². The summed E-state index contributed by atoms with van der Waals surface area (Å²) in [6.45, 7) is 5.80. The van der Waals surface area contributed by atoms with Crippen LogP contribution in [0.5, 0.6) is 0 Å². The number of pyridine rings is 1. The fourth-order valence-electron chi connectivity index (χ4n) is 2.27. The summed E-state index contributed by atoms with van der Waals surface area (Å²) >= 11 is 0. The van der Waals surface area contributed by atoms with Gasteiger partial charge < -0.3 is 15.4 Å². The van der Waals surface area contributed by atoms with E-state index in [9.17, 15) is 0 Å². The monoisotopic (exact) mass is 235 g/mol. The molecule has 1 aromatic heterocycles. The van der Waals surface area contributed by atoms with Gasteiger partial charge in [0.15, 0.2) is 5.82 Å². The van der Waals surface area contributed by atoms with Crippen LogP contribution >= 0.6 is 0 Å². The Morgan fingerprint density at radius 3 is 2.88 bits per heavy atom. The molecule has 0 spiro atoms. The molecule has 0 aromatic carbocycles. The lowest BCUT2D eigenvalue weighted by atomic mass is 9.98. The van der Waals surface area contributed by atoms with Crippen molar-refractivity contribution < 1.29 is 4.74 Å². The fourth-order valence-corrected chi connectivity index (χ4v) is 2.27. The number of piperidine rings is 1. The van der Waals surface area contributed by atoms with Crippen LogP contribution in [0.1, 0.15) is 19.8 Å². The highest BCUT2D eigenvalue weighted by molar-refractivity contribution is 5.62. The van der Waals surface area contributed by atoms with Crippen molar-refractivity contribution >= 4 is 11.5 Å². The van der Waals surface area contributed by atoms with Gasteiger partial charge in [-0.05, 0) is 37.8 Å². The standard InChI is InChI=1S/C13H21N3O/c1-2-17-10-11-5-8-16(9-6-11)13-12(14)4-3-7-15-13/h3-4,7,11H,2,5-6,8-10,14H2,1H3. The van der Waals surface area contributed by atoms with Crippen LogP contribution < -0.4 is 10.6 Å². The maximum atomic E-state index is 5.94. The van der Waals surface area contributed by atoms with Crippen LogP contribution in [0, 0.1) is 5.92 Å². The third-order valence-electron chi connectivity index (χ3n) is 3.29. The Morgan fingerprint density at radius 2 is 2.24 bits per heavy atom. The molecule has 2 rings (SSSR count). The smallest absolute Gasteiger partial charge is 0.151 e. The van der Waals surface area contributed by atoms with E-state index in [1.54, 1.807) is 6.20 Å². The van der Waals surface area contributed by atoms with Crippen LogP contribution in [-0.4, -0.2) is 31.3 Å². The number of hydrogen-bond acceptors (Lipinski definition) is 4. The number of nitrogens with two attached hydrogens (primary N) is 1. The van der Waals surface area contributed by atoms with Gasteiger partial charge in [0.05, 0.1) is 5.69 Å². The minimum atomic E-state index is 0.691. The van der Waals surface area contributed by atoms with Crippen molar-refractivity contribution in [3.8, 4) is 0 Å². The summed E-state index contributed by atoms with van der Waals surface area (Å²) in [7, 11) is 0. The average Bonchev–Trinajstić information content (AvgIpc) is 2.38. The molecule has 0 amide bonds. The van der Waals surface area contributed by atoms with E-state index in [4.69, 9.17) is 10.5 Å². The van der Waals surface area contributed by atoms with E-state index in [0.717, 1.165) is 50.7 Å². The van der Waals surface area contributed by atoms with Gasteiger partial charge in [-0.15, -0.1) is 0 Å². The predicted octanol–water partition coefficient (Wildman–Crippen LogP) is 1.92. The predicted molar refractivity (Wildman–Crippen MR) is 70.1 cm³/mol. The molecule has 2 N–H and O–H groups in total. The molecule has 2 heterocycles. The third-order valence-corrected chi connectivity index (χ3v) is 3.29. The first-order valence-corrected chi connectivity index (χ1v) is 6.34. The van der Waals surface area contributed by atoms with Crippen molar-refractivity contribution in [2.45, 2.75) is 19.8 Å². The summed E-state index contributed by atoms with van der Waals surface area (Å²) in [6, 6.07) is 3.79. The van der Waals surface area contributed by atoms with Crippen molar-refractivity contribution in [1.82, 2.24) is 4.98 Å². The van der Waals surface area contributed by atoms with E-state index in [0.29, 0.717) is 5.92 Å². The minimum absolute atomic E-state index is 0.691. The largest absolute Gasteiger partial charge is 0.396 e. The van der Waals surface area contributed by atoms with Gasteiger partial charge in [0.2, 0.25) is 0 Å². The van der Waals surface area contributed by atoms with E-state index >= 15 is 0 Å². The molecule has 1 aromatic rings. The molecule has 0 atom stereocenters. The lowest BCUT2D eigenvalue weighted by Gasteiger charge is -2.33. The highest BCUT2D eigenvalue weighted by atomic mass is 16.5. The summed E-state index contributed by atoms with van der Waals surface area (Å²) in [5, 5.41) is 0. The average molecular weight is 235 g/mol. The maximum absolute atomic E-state index is 5.94. The van der Waals surface area contributed by atoms with Gasteiger partial charge >= 0.3 is 0 Å². The molecule has 94 valence electrons. The number of nitrogens with zero attached hydrogens (tertiary/aromatic N) is 2. The van der Waals surface area contributed by atoms with Gasteiger partial charge in [0, 0.05) is 32.5 Å². The second-order valence-electron chi connectivity index (χ2n) is 4.51. The van der Waals surface area contributed by atoms with Gasteiger partial charge in [0.25, 0.3) is 0 Å². The van der Waals surface area contributed by atoms with Crippen LogP contribution in [0.4, 0.5) is 11.5 Å². The summed E-state index contributed by atoms with van der Waals surface area (Å²) < 4.78 is 5.48. The van der Waals surface area contributed by atoms with Crippen LogP contribution in [0.15, 0.2) is 18.3 Å². The molecule has 0 aliphatic carbocycles. The molecular formula is C13H21N3O. The van der Waals surface area contributed by atoms with E-state index in [2.05, 4.69) is 9.88 Å². The highest BCUT2D eigenvalue weighted by Gasteiger charge is 2.21. The Kier molecular flexibility index (Phi) is 4.20. The molecule has 0 bridgehead atoms. The quantitative estimate of drug-likeness (QED) is 0.866. The van der Waals surface area contributed by atoms with E-state index < -0.39 is 0 Å². The number of rotatable bonds is 4. The van der Waals surface area contributed by atoms with Crippen molar-refractivity contribution in [3.63, 3.8) is 0 Å².